The standard InChI is InChI=1S/C20H36O5/c1-2-3-4-5-6-7-11-16-13-10-14-17(16)12-8-9-15-18(21)20(24,25)19(22)23/h7,11,16-18,21,24-25H,2-6,8-10,12-15H2,1H3,(H,22,23)/t16-,17-,18-/m0/s1. The van der Waals surface area contributed by atoms with Gasteiger partial charge in [0.25, 0.3) is 5.79 Å². The molecule has 0 aromatic carbocycles. The van der Waals surface area contributed by atoms with Gasteiger partial charge in [-0.05, 0) is 50.4 Å². The van der Waals surface area contributed by atoms with Crippen molar-refractivity contribution < 1.29 is 25.2 Å². The third-order valence-corrected chi connectivity index (χ3v) is 5.41. The molecule has 5 nitrogen and oxygen atoms in total. The molecule has 0 radical (unpaired) electrons. The molecule has 1 aliphatic rings. The van der Waals surface area contributed by atoms with E-state index in [1.54, 1.807) is 0 Å². The summed E-state index contributed by atoms with van der Waals surface area (Å²) >= 11 is 0. The van der Waals surface area contributed by atoms with E-state index in [0.717, 1.165) is 12.8 Å². The first-order chi connectivity index (χ1) is 11.9. The van der Waals surface area contributed by atoms with Gasteiger partial charge in [-0.3, -0.25) is 0 Å². The molecule has 0 aromatic rings. The van der Waals surface area contributed by atoms with E-state index in [9.17, 15) is 20.1 Å². The second-order valence-electron chi connectivity index (χ2n) is 7.46. The molecular weight excluding hydrogens is 320 g/mol. The average molecular weight is 357 g/mol. The second kappa shape index (κ2) is 11.7. The summed E-state index contributed by atoms with van der Waals surface area (Å²) in [6.45, 7) is 2.22. The van der Waals surface area contributed by atoms with Gasteiger partial charge in [0, 0.05) is 0 Å². The first-order valence-electron chi connectivity index (χ1n) is 9.92. The van der Waals surface area contributed by atoms with Gasteiger partial charge in [-0.2, -0.15) is 0 Å². The minimum Gasteiger partial charge on any atom is -0.477 e. The lowest BCUT2D eigenvalue weighted by atomic mass is 9.89. The molecular formula is C20H36O5. The summed E-state index contributed by atoms with van der Waals surface area (Å²) in [5.74, 6) is -3.54. The van der Waals surface area contributed by atoms with Crippen LogP contribution in [-0.4, -0.2) is 38.3 Å². The van der Waals surface area contributed by atoms with Gasteiger partial charge in [0.15, 0.2) is 0 Å². The Balaban J connectivity index is 2.23. The molecule has 146 valence electrons. The second-order valence-corrected chi connectivity index (χ2v) is 7.46. The average Bonchev–Trinajstić information content (AvgIpc) is 3.01. The van der Waals surface area contributed by atoms with E-state index in [-0.39, 0.29) is 6.42 Å². The van der Waals surface area contributed by atoms with E-state index in [0.29, 0.717) is 18.3 Å². The highest BCUT2D eigenvalue weighted by molar-refractivity contribution is 5.75. The minimum absolute atomic E-state index is 0.0873. The normalized spacial score (nSPS) is 22.6. The quantitative estimate of drug-likeness (QED) is 0.229. The molecule has 0 bridgehead atoms. The van der Waals surface area contributed by atoms with Crippen LogP contribution in [0.3, 0.4) is 0 Å². The van der Waals surface area contributed by atoms with Gasteiger partial charge in [0.2, 0.25) is 0 Å². The third kappa shape index (κ3) is 7.89. The molecule has 0 heterocycles. The van der Waals surface area contributed by atoms with Crippen LogP contribution in [0.15, 0.2) is 12.2 Å². The minimum atomic E-state index is -3.05. The zero-order valence-corrected chi connectivity index (χ0v) is 15.6. The van der Waals surface area contributed by atoms with Crippen molar-refractivity contribution in [3.05, 3.63) is 12.2 Å². The van der Waals surface area contributed by atoms with E-state index < -0.39 is 17.9 Å². The van der Waals surface area contributed by atoms with Crippen LogP contribution in [0, 0.1) is 11.8 Å². The Kier molecular flexibility index (Phi) is 10.3. The van der Waals surface area contributed by atoms with Crippen molar-refractivity contribution >= 4 is 5.97 Å². The lowest BCUT2D eigenvalue weighted by molar-refractivity contribution is -0.237. The maximum atomic E-state index is 10.7. The van der Waals surface area contributed by atoms with Crippen molar-refractivity contribution in [2.75, 3.05) is 0 Å². The number of hydrogen-bond donors (Lipinski definition) is 4. The lowest BCUT2D eigenvalue weighted by Crippen LogP contribution is -2.49. The number of carboxylic acid groups (broad SMARTS) is 1. The molecule has 0 saturated heterocycles. The van der Waals surface area contributed by atoms with Crippen LogP contribution in [0.4, 0.5) is 0 Å². The highest BCUT2D eigenvalue weighted by atomic mass is 16.6. The molecule has 0 amide bonds. The highest BCUT2D eigenvalue weighted by Gasteiger charge is 2.41. The fourth-order valence-corrected chi connectivity index (χ4v) is 3.73. The molecule has 1 rings (SSSR count). The molecule has 1 aliphatic carbocycles. The molecule has 5 heteroatoms. The van der Waals surface area contributed by atoms with E-state index >= 15 is 0 Å². The Bertz CT molecular complexity index is 405. The largest absolute Gasteiger partial charge is 0.477 e. The van der Waals surface area contributed by atoms with Crippen LogP contribution >= 0.6 is 0 Å². The number of hydrogen-bond acceptors (Lipinski definition) is 4. The summed E-state index contributed by atoms with van der Waals surface area (Å²) in [5.41, 5.74) is 0. The predicted octanol–water partition coefficient (Wildman–Crippen LogP) is 3.62. The van der Waals surface area contributed by atoms with Gasteiger partial charge in [-0.25, -0.2) is 4.79 Å². The molecule has 0 unspecified atom stereocenters. The van der Waals surface area contributed by atoms with Gasteiger partial charge >= 0.3 is 5.97 Å². The first kappa shape index (κ1) is 22.1. The topological polar surface area (TPSA) is 98.0 Å². The highest BCUT2D eigenvalue weighted by Crippen LogP contribution is 2.36. The Morgan fingerprint density at radius 3 is 2.60 bits per heavy atom. The van der Waals surface area contributed by atoms with Gasteiger partial charge in [0.05, 0.1) is 0 Å². The van der Waals surface area contributed by atoms with Gasteiger partial charge < -0.3 is 20.4 Å². The summed E-state index contributed by atoms with van der Waals surface area (Å²) in [4.78, 5) is 10.7. The number of aliphatic hydroxyl groups is 3. The van der Waals surface area contributed by atoms with E-state index in [1.165, 1.54) is 51.4 Å². The number of aliphatic hydroxyl groups excluding tert-OH is 1. The molecule has 1 fully saturated rings. The molecule has 0 spiro atoms. The zero-order valence-electron chi connectivity index (χ0n) is 15.6. The summed E-state index contributed by atoms with van der Waals surface area (Å²) in [7, 11) is 0. The van der Waals surface area contributed by atoms with Crippen LogP contribution in [0.5, 0.6) is 0 Å². The number of carbonyl (C=O) groups is 1. The first-order valence-corrected chi connectivity index (χ1v) is 9.92. The molecule has 3 atom stereocenters. The SMILES string of the molecule is CCCCCCC=C[C@H]1CCC[C@@H]1CCCC[C@H](O)C(O)(O)C(=O)O. The summed E-state index contributed by atoms with van der Waals surface area (Å²) in [6, 6.07) is 0. The zero-order chi connectivity index (χ0) is 18.7. The monoisotopic (exact) mass is 356 g/mol. The van der Waals surface area contributed by atoms with Crippen molar-refractivity contribution in [3.63, 3.8) is 0 Å². The Morgan fingerprint density at radius 1 is 1.16 bits per heavy atom. The van der Waals surface area contributed by atoms with Crippen LogP contribution in [0.1, 0.15) is 84.0 Å². The Labute approximate surface area is 151 Å². The maximum absolute atomic E-state index is 10.7. The predicted molar refractivity (Wildman–Crippen MR) is 98.0 cm³/mol. The van der Waals surface area contributed by atoms with Crippen LogP contribution in [0.25, 0.3) is 0 Å². The molecule has 1 saturated carbocycles. The van der Waals surface area contributed by atoms with Crippen LogP contribution in [-0.2, 0) is 4.79 Å². The van der Waals surface area contributed by atoms with Gasteiger partial charge in [0.1, 0.15) is 6.10 Å². The van der Waals surface area contributed by atoms with E-state index in [1.807, 2.05) is 0 Å². The van der Waals surface area contributed by atoms with Crippen molar-refractivity contribution in [2.45, 2.75) is 95.9 Å². The Morgan fingerprint density at radius 2 is 1.92 bits per heavy atom. The fourth-order valence-electron chi connectivity index (χ4n) is 3.73. The molecule has 0 aromatic heterocycles. The molecule has 0 aliphatic heterocycles. The summed E-state index contributed by atoms with van der Waals surface area (Å²) in [6.07, 6.45) is 15.7. The van der Waals surface area contributed by atoms with Crippen LogP contribution in [0.2, 0.25) is 0 Å². The smallest absolute Gasteiger partial charge is 0.366 e. The van der Waals surface area contributed by atoms with E-state index in [4.69, 9.17) is 5.11 Å². The Hall–Kier alpha value is -0.910. The fraction of sp³-hybridized carbons (Fsp3) is 0.850. The van der Waals surface area contributed by atoms with Crippen molar-refractivity contribution in [1.29, 1.82) is 0 Å². The van der Waals surface area contributed by atoms with Crippen molar-refractivity contribution in [3.8, 4) is 0 Å². The molecule has 25 heavy (non-hydrogen) atoms. The number of allylic oxidation sites excluding steroid dienone is 2. The van der Waals surface area contributed by atoms with Crippen molar-refractivity contribution in [1.82, 2.24) is 0 Å². The number of rotatable bonds is 13. The van der Waals surface area contributed by atoms with Crippen LogP contribution < -0.4 is 0 Å². The van der Waals surface area contributed by atoms with Crippen molar-refractivity contribution in [2.24, 2.45) is 11.8 Å². The van der Waals surface area contributed by atoms with Gasteiger partial charge in [-0.15, -0.1) is 0 Å². The summed E-state index contributed by atoms with van der Waals surface area (Å²) < 4.78 is 0. The summed E-state index contributed by atoms with van der Waals surface area (Å²) in [5, 5.41) is 36.8. The number of carboxylic acids is 1. The number of aliphatic carboxylic acids is 1. The number of unbranched alkanes of at least 4 members (excludes halogenated alkanes) is 5. The lowest BCUT2D eigenvalue weighted by Gasteiger charge is -2.23. The third-order valence-electron chi connectivity index (χ3n) is 5.41. The molecule has 4 N–H and O–H groups in total. The van der Waals surface area contributed by atoms with Gasteiger partial charge in [-0.1, -0.05) is 57.6 Å². The van der Waals surface area contributed by atoms with E-state index in [2.05, 4.69) is 19.1 Å². The maximum Gasteiger partial charge on any atom is 0.366 e.